The van der Waals surface area contributed by atoms with Crippen molar-refractivity contribution < 1.29 is 92.0 Å². The first-order chi connectivity index (χ1) is 60.5. The summed E-state index contributed by atoms with van der Waals surface area (Å²) in [6, 6.07) is -1.08. The van der Waals surface area contributed by atoms with Crippen LogP contribution >= 0.6 is 11.8 Å². The van der Waals surface area contributed by atoms with Crippen molar-refractivity contribution in [2.45, 2.75) is 222 Å². The number of nitrogens with two attached hydrogens (primary N) is 3. The Morgan fingerprint density at radius 2 is 1.16 bits per heavy atom. The highest BCUT2D eigenvalue weighted by Gasteiger charge is 2.46. The molecule has 3 aromatic heterocycles. The summed E-state index contributed by atoms with van der Waals surface area (Å²) < 4.78 is 1.23. The molecule has 42 nitrogen and oxygen atoms in total. The number of fused-ring (bicyclic) bond motifs is 5. The van der Waals surface area contributed by atoms with Crippen LogP contribution in [0.4, 0.5) is 0 Å². The fourth-order valence-electron chi connectivity index (χ4n) is 15.7. The number of phenols is 1. The Hall–Kier alpha value is -12.6. The Balaban J connectivity index is 1.07. The van der Waals surface area contributed by atoms with Crippen LogP contribution in [0.15, 0.2) is 85.2 Å². The van der Waals surface area contributed by atoms with Gasteiger partial charge in [0.05, 0.1) is 37.5 Å². The van der Waals surface area contributed by atoms with Gasteiger partial charge >= 0.3 is 0 Å². The average Bonchev–Trinajstić information content (AvgIpc) is 1.69. The van der Waals surface area contributed by atoms with Crippen molar-refractivity contribution in [3.8, 4) is 5.75 Å². The predicted molar refractivity (Wildman–Crippen MR) is 462 cm³/mol. The van der Waals surface area contributed by atoms with Gasteiger partial charge in [0, 0.05) is 99.4 Å². The van der Waals surface area contributed by atoms with Gasteiger partial charge in [-0.05, 0) is 103 Å². The van der Waals surface area contributed by atoms with Crippen molar-refractivity contribution in [1.29, 1.82) is 0 Å². The maximum Gasteiger partial charge on any atom is 0.248 e. The van der Waals surface area contributed by atoms with Crippen LogP contribution < -0.4 is 70.4 Å². The summed E-state index contributed by atoms with van der Waals surface area (Å²) in [6.07, 6.45) is 2.23. The van der Waals surface area contributed by atoms with Gasteiger partial charge in [-0.2, -0.15) is 0 Å². The van der Waals surface area contributed by atoms with Crippen molar-refractivity contribution in [1.82, 2.24) is 103 Å². The molecule has 9 rings (SSSR count). The summed E-state index contributed by atoms with van der Waals surface area (Å²) >= 11 is 0.789. The van der Waals surface area contributed by atoms with E-state index in [1.54, 1.807) is 56.6 Å². The Kier molecular flexibility index (Phi) is 35.6. The number of rotatable bonds is 21. The number of primary amides is 2. The molecule has 3 aliphatic heterocycles. The number of carbonyl (C=O) groups excluding carboxylic acids is 16. The molecule has 127 heavy (non-hydrogen) atoms. The second-order valence-corrected chi connectivity index (χ2v) is 33.7. The molecule has 0 spiro atoms. The van der Waals surface area contributed by atoms with E-state index in [0.717, 1.165) is 26.5 Å². The number of aliphatic hydroxyl groups is 2. The number of amides is 16. The summed E-state index contributed by atoms with van der Waals surface area (Å²) in [5, 5.41) is 73.2. The fraction of sp³-hybridized carbons (Fsp3) is 0.536. The van der Waals surface area contributed by atoms with Gasteiger partial charge in [0.2, 0.25) is 94.5 Å². The molecular formula is C84H117N23O19S. The minimum Gasteiger partial charge on any atom is -0.508 e. The number of nitrogens with one attached hydrogen (secondary N) is 12. The van der Waals surface area contributed by atoms with E-state index in [4.69, 9.17) is 17.2 Å². The summed E-state index contributed by atoms with van der Waals surface area (Å²) in [6.45, 7) is 6.94. The lowest BCUT2D eigenvalue weighted by Crippen LogP contribution is -2.61. The lowest BCUT2D eigenvalue weighted by Gasteiger charge is -2.32. The Bertz CT molecular complexity index is 4950. The molecule has 0 bridgehead atoms. The van der Waals surface area contributed by atoms with Crippen LogP contribution in [0.5, 0.6) is 5.75 Å². The highest BCUT2D eigenvalue weighted by atomic mass is 32.2. The molecule has 3 aromatic carbocycles. The molecule has 6 heterocycles. The lowest BCUT2D eigenvalue weighted by molar-refractivity contribution is -0.145. The van der Waals surface area contributed by atoms with Crippen LogP contribution in [-0.4, -0.2) is 297 Å². The first-order valence-corrected chi connectivity index (χ1v) is 43.6. The number of unbranched alkanes of at least 4 members (excludes halogenated alkanes) is 2. The number of hydrogen-bond acceptors (Lipinski definition) is 24. The third-order valence-corrected chi connectivity index (χ3v) is 23.8. The summed E-state index contributed by atoms with van der Waals surface area (Å²) in [7, 11) is 2.61. The van der Waals surface area contributed by atoms with Crippen LogP contribution in [0, 0.1) is 5.92 Å². The second-order valence-electron chi connectivity index (χ2n) is 32.7. The Morgan fingerprint density at radius 3 is 1.77 bits per heavy atom. The van der Waals surface area contributed by atoms with Gasteiger partial charge in [0.25, 0.3) is 0 Å². The number of aromatic nitrogens is 6. The maximum atomic E-state index is 15.5. The van der Waals surface area contributed by atoms with Crippen LogP contribution in [-0.2, 0) is 96.0 Å². The third kappa shape index (κ3) is 26.0. The zero-order valence-corrected chi connectivity index (χ0v) is 73.1. The van der Waals surface area contributed by atoms with E-state index in [2.05, 4.69) is 78.7 Å². The molecular weight excluding hydrogens is 1670 g/mol. The molecule has 6 aromatic rings. The smallest absolute Gasteiger partial charge is 0.248 e. The van der Waals surface area contributed by atoms with E-state index in [-0.39, 0.29) is 87.6 Å². The summed E-state index contributed by atoms with van der Waals surface area (Å²) in [5.74, 6) is -16.3. The zero-order chi connectivity index (χ0) is 92.6. The van der Waals surface area contributed by atoms with E-state index in [0.29, 0.717) is 64.2 Å². The summed E-state index contributed by atoms with van der Waals surface area (Å²) in [5.41, 5.74) is 20.1. The van der Waals surface area contributed by atoms with Gasteiger partial charge < -0.3 is 115 Å². The van der Waals surface area contributed by atoms with Gasteiger partial charge in [-0.15, -0.1) is 16.9 Å². The second kappa shape index (κ2) is 46.0. The molecule has 21 N–H and O–H groups in total. The van der Waals surface area contributed by atoms with Gasteiger partial charge in [-0.1, -0.05) is 102 Å². The van der Waals surface area contributed by atoms with E-state index in [1.165, 1.54) is 61.8 Å². The number of carbonyl (C=O) groups is 16. The monoisotopic (exact) mass is 1780 g/mol. The topological polar surface area (TPSA) is 620 Å². The molecule has 15 atom stereocenters. The quantitative estimate of drug-likeness (QED) is 0.0339. The van der Waals surface area contributed by atoms with Crippen molar-refractivity contribution in [3.63, 3.8) is 0 Å². The van der Waals surface area contributed by atoms with Gasteiger partial charge in [0.1, 0.15) is 84.3 Å². The largest absolute Gasteiger partial charge is 0.508 e. The number of para-hydroxylation sites is 2. The number of phenolic OH excluding ortho intramolecular Hbond substituents is 1. The fourth-order valence-corrected chi connectivity index (χ4v) is 16.5. The van der Waals surface area contributed by atoms with Crippen molar-refractivity contribution >= 4 is 128 Å². The van der Waals surface area contributed by atoms with Crippen LogP contribution in [0.25, 0.3) is 21.8 Å². The molecule has 0 saturated carbocycles. The van der Waals surface area contributed by atoms with Gasteiger partial charge in [0.15, 0.2) is 5.82 Å². The van der Waals surface area contributed by atoms with Crippen molar-refractivity contribution in [2.75, 3.05) is 58.4 Å². The maximum absolute atomic E-state index is 15.5. The molecule has 0 radical (unpaired) electrons. The SMILES string of the molecule is CCCC[C@H]1C(=O)N[C@@H](C)C(=O)N[C@H](C(=O)NCC(N)=O)CSCC(=O)N[C@@H](Cc2ccc(O)cc2)C(=O)N(C)[C@@H](C)C(=O)N[C@@H](CC(N)=O)C(=O)N2CCC[C@H]2C(=O)N[C@@H](CN)C(=O)N[C@@H](CC(C)C)C(=O)N2C[C@H](O)C[C@H]2C(=O)N[C@@H](Cc2c[nH]c3ccccc23)C(=O)N[C@@H](CO)C(=O)N[C@@H](Cc2c[nH]c3ccccc23)c2nnnn2[C@@H](CCCC)C(=O)N1C. The number of tetrazole rings is 1. The highest BCUT2D eigenvalue weighted by Crippen LogP contribution is 2.30. The number of thioether (sulfide) groups is 1. The van der Waals surface area contributed by atoms with Crippen LogP contribution in [0.3, 0.4) is 0 Å². The van der Waals surface area contributed by atoms with E-state index in [9.17, 15) is 68.1 Å². The zero-order valence-electron chi connectivity index (χ0n) is 72.3. The van der Waals surface area contributed by atoms with Crippen molar-refractivity contribution in [3.05, 3.63) is 108 Å². The Morgan fingerprint density at radius 1 is 0.591 bits per heavy atom. The number of H-pyrrole nitrogens is 2. The summed E-state index contributed by atoms with van der Waals surface area (Å²) in [4.78, 5) is 242. The molecule has 16 amide bonds. The minimum absolute atomic E-state index is 0.00582. The number of likely N-dealkylation sites (N-methyl/N-ethyl adjacent to an activating group) is 2. The number of benzene rings is 3. The molecule has 0 unspecified atom stereocenters. The average molecular weight is 1790 g/mol. The van der Waals surface area contributed by atoms with E-state index < -0.39 is 224 Å². The van der Waals surface area contributed by atoms with E-state index in [1.807, 2.05) is 32.0 Å². The first-order valence-electron chi connectivity index (χ1n) is 42.5. The highest BCUT2D eigenvalue weighted by molar-refractivity contribution is 8.00. The van der Waals surface area contributed by atoms with E-state index >= 15 is 24.0 Å². The van der Waals surface area contributed by atoms with Gasteiger partial charge in [-0.3, -0.25) is 76.7 Å². The molecule has 43 heteroatoms. The number of aromatic hydroxyl groups is 1. The minimum atomic E-state index is -1.81. The number of hydrogen-bond donors (Lipinski definition) is 18. The Labute approximate surface area is 736 Å². The van der Waals surface area contributed by atoms with Crippen LogP contribution in [0.1, 0.15) is 147 Å². The third-order valence-electron chi connectivity index (χ3n) is 22.7. The first kappa shape index (κ1) is 98.2. The molecule has 0 aliphatic carbocycles. The molecule has 3 aliphatic rings. The number of nitrogens with zero attached hydrogens (tertiary/aromatic N) is 8. The number of aromatic amines is 2. The lowest BCUT2D eigenvalue weighted by atomic mass is 10.0. The molecule has 688 valence electrons. The standard InChI is InChI=1S/C84H117N23O19S/c1-9-11-22-64-78(120)91-45(5)72(114)99-63(74(116)90-39-69(87)112)42-127-43-70(113)92-59(31-47-25-27-50(109)28-26-47)81(123)103(7)46(6)73(115)95-60(35-68(86)111)82(124)105-29-17-24-65(105)79(121)97-61(36-85)76(118)96-58(30-44(3)4)83(125)106-40-51(110)34-67(106)80(122)94-57(33-49-38-89-55-21-16-14-19-53(49)55)75(117)98-62(41-108)77(119)93-56(32-48-37-88-54-20-15-13-18-52(48)54)71-100-101-102-107(71)66(23-12-10-2)84(126)104(64)8/h13-16,18-21,25-28,37-38,44-46,51,56-67,88-89,108-110H,9-12,17,22-24,29-36,39-43,85H2,1-8H3,(H2,86,111)(H2,87,112)(H,90,116)(H,91,120)(H,92,113)(H,93,119)(H,94,122)(H,95,115)(H,96,118)(H,97,121)(H,98,117)(H,99,114)/t45-,46-,51+,56-,57-,58-,59-,60-,61-,62-,63-,64-,65-,66-,67-/m0/s1. The van der Waals surface area contributed by atoms with Crippen molar-refractivity contribution in [2.24, 2.45) is 23.1 Å². The van der Waals surface area contributed by atoms with Gasteiger partial charge in [-0.25, -0.2) is 4.68 Å². The van der Waals surface area contributed by atoms with Crippen LogP contribution in [0.2, 0.25) is 0 Å². The number of aliphatic hydroxyl groups excluding tert-OH is 2. The molecule has 2 fully saturated rings. The molecule has 2 saturated heterocycles. The predicted octanol–water partition coefficient (Wildman–Crippen LogP) is -3.11. The normalized spacial score (nSPS) is 25.4.